The van der Waals surface area contributed by atoms with Crippen LogP contribution in [0.15, 0.2) is 36.3 Å². The molecule has 0 bridgehead atoms. The molecular formula is C22H26ClF3N6O. The monoisotopic (exact) mass is 482 g/mol. The Morgan fingerprint density at radius 2 is 2.06 bits per heavy atom. The maximum atomic E-state index is 15.2. The van der Waals surface area contributed by atoms with Crippen molar-refractivity contribution >= 4 is 24.1 Å². The van der Waals surface area contributed by atoms with Gasteiger partial charge in [0, 0.05) is 18.7 Å². The number of nitrogens with one attached hydrogen (secondary N) is 1. The molecule has 3 atom stereocenters. The number of primary amides is 1. The molecule has 11 heteroatoms. The SMILES string of the molecule is Cl.NC(=O)c1cnn2c1N([C@@H]1CCNC[C@@H]1F)C(N1CCC[C@@H]1c1cc(F)ccc1F)=CC2. The number of piperidine rings is 1. The Morgan fingerprint density at radius 3 is 2.82 bits per heavy atom. The molecule has 0 radical (unpaired) electrons. The topological polar surface area (TPSA) is 79.4 Å². The molecule has 2 aromatic rings. The molecule has 178 valence electrons. The number of nitrogens with zero attached hydrogens (tertiary/aromatic N) is 4. The Bertz CT molecular complexity index is 1080. The Balaban J connectivity index is 0.00000259. The van der Waals surface area contributed by atoms with Gasteiger partial charge in [0.05, 0.1) is 24.8 Å². The second kappa shape index (κ2) is 9.26. The van der Waals surface area contributed by atoms with Crippen molar-refractivity contribution in [2.24, 2.45) is 5.73 Å². The lowest BCUT2D eigenvalue weighted by atomic mass is 10.00. The lowest BCUT2D eigenvalue weighted by Crippen LogP contribution is -2.54. The smallest absolute Gasteiger partial charge is 0.254 e. The third-order valence-electron chi connectivity index (χ3n) is 6.57. The van der Waals surface area contributed by atoms with Gasteiger partial charge in [-0.1, -0.05) is 0 Å². The molecule has 7 nitrogen and oxygen atoms in total. The van der Waals surface area contributed by atoms with Gasteiger partial charge >= 0.3 is 0 Å². The number of fused-ring (bicyclic) bond motifs is 1. The summed E-state index contributed by atoms with van der Waals surface area (Å²) < 4.78 is 45.4. The number of halogens is 4. The molecule has 1 amide bonds. The first-order valence-corrected chi connectivity index (χ1v) is 10.9. The molecule has 0 aliphatic carbocycles. The second-order valence-corrected chi connectivity index (χ2v) is 8.45. The lowest BCUT2D eigenvalue weighted by Gasteiger charge is -2.45. The van der Waals surface area contributed by atoms with Gasteiger partial charge < -0.3 is 20.9 Å². The molecule has 0 unspecified atom stereocenters. The van der Waals surface area contributed by atoms with Gasteiger partial charge in [-0.05, 0) is 50.1 Å². The Kier molecular flexibility index (Phi) is 6.58. The van der Waals surface area contributed by atoms with E-state index in [1.807, 2.05) is 11.0 Å². The molecule has 0 spiro atoms. The van der Waals surface area contributed by atoms with Crippen LogP contribution in [0.3, 0.4) is 0 Å². The summed E-state index contributed by atoms with van der Waals surface area (Å²) in [4.78, 5) is 15.9. The molecule has 1 aromatic heterocycles. The number of hydrogen-bond donors (Lipinski definition) is 2. The lowest BCUT2D eigenvalue weighted by molar-refractivity contribution is 0.1000. The molecule has 33 heavy (non-hydrogen) atoms. The fourth-order valence-corrected chi connectivity index (χ4v) is 5.13. The van der Waals surface area contributed by atoms with Crippen molar-refractivity contribution in [3.63, 3.8) is 0 Å². The number of benzene rings is 1. The van der Waals surface area contributed by atoms with Gasteiger partial charge in [0.15, 0.2) is 0 Å². The minimum Gasteiger partial charge on any atom is -0.365 e. The van der Waals surface area contributed by atoms with Crippen molar-refractivity contribution < 1.29 is 18.0 Å². The molecule has 3 N–H and O–H groups in total. The first kappa shape index (κ1) is 23.4. The molecule has 3 aliphatic heterocycles. The standard InChI is InChI=1S/C22H25F3N6O.ClH/c23-13-3-4-16(24)14(10-13)18-2-1-8-29(18)20-6-9-30-22(15(11-28-30)21(26)32)31(20)19-5-7-27-12-17(19)25;/h3-4,6,10-11,17-19,27H,1-2,5,7-9,12H2,(H2,26,32);1H/t17-,18+,19+;/m0./s1. The van der Waals surface area contributed by atoms with E-state index in [1.165, 1.54) is 12.3 Å². The summed E-state index contributed by atoms with van der Waals surface area (Å²) in [5, 5.41) is 7.33. The Morgan fingerprint density at radius 1 is 1.24 bits per heavy atom. The van der Waals surface area contributed by atoms with Crippen LogP contribution in [0.2, 0.25) is 0 Å². The summed E-state index contributed by atoms with van der Waals surface area (Å²) in [6.07, 6.45) is 4.05. The predicted molar refractivity (Wildman–Crippen MR) is 120 cm³/mol. The average molecular weight is 483 g/mol. The average Bonchev–Trinajstić information content (AvgIpc) is 3.42. The van der Waals surface area contributed by atoms with Crippen LogP contribution in [0.5, 0.6) is 0 Å². The van der Waals surface area contributed by atoms with Gasteiger partial charge in [-0.3, -0.25) is 4.79 Å². The highest BCUT2D eigenvalue weighted by atomic mass is 35.5. The van der Waals surface area contributed by atoms with Crippen molar-refractivity contribution in [1.29, 1.82) is 0 Å². The molecule has 5 rings (SSSR count). The molecule has 4 heterocycles. The van der Waals surface area contributed by atoms with E-state index >= 15 is 4.39 Å². The van der Waals surface area contributed by atoms with Crippen molar-refractivity contribution in [1.82, 2.24) is 20.0 Å². The van der Waals surface area contributed by atoms with Gasteiger partial charge in [-0.15, -0.1) is 12.4 Å². The molecule has 3 aliphatic rings. The number of alkyl halides is 1. The number of hydrogen-bond acceptors (Lipinski definition) is 5. The van der Waals surface area contributed by atoms with Crippen LogP contribution in [0.4, 0.5) is 19.0 Å². The minimum atomic E-state index is -1.19. The van der Waals surface area contributed by atoms with E-state index in [9.17, 15) is 13.6 Å². The van der Waals surface area contributed by atoms with E-state index in [4.69, 9.17) is 5.73 Å². The highest BCUT2D eigenvalue weighted by Crippen LogP contribution is 2.42. The third kappa shape index (κ3) is 4.06. The van der Waals surface area contributed by atoms with Crippen LogP contribution in [0, 0.1) is 11.6 Å². The van der Waals surface area contributed by atoms with Crippen LogP contribution in [0.25, 0.3) is 0 Å². The van der Waals surface area contributed by atoms with E-state index in [2.05, 4.69) is 10.4 Å². The van der Waals surface area contributed by atoms with E-state index in [0.29, 0.717) is 44.1 Å². The third-order valence-corrected chi connectivity index (χ3v) is 6.57. The van der Waals surface area contributed by atoms with E-state index in [0.717, 1.165) is 18.6 Å². The summed E-state index contributed by atoms with van der Waals surface area (Å²) in [6.45, 7) is 1.78. The Hall–Kier alpha value is -2.72. The van der Waals surface area contributed by atoms with Crippen LogP contribution in [-0.4, -0.2) is 52.4 Å². The number of amides is 1. The van der Waals surface area contributed by atoms with Crippen LogP contribution < -0.4 is 16.0 Å². The largest absolute Gasteiger partial charge is 0.365 e. The fourth-order valence-electron chi connectivity index (χ4n) is 5.13. The number of anilines is 1. The molecule has 2 fully saturated rings. The van der Waals surface area contributed by atoms with Gasteiger partial charge in [0.25, 0.3) is 5.91 Å². The van der Waals surface area contributed by atoms with Crippen molar-refractivity contribution in [2.45, 2.75) is 44.1 Å². The minimum absolute atomic E-state index is 0. The predicted octanol–water partition coefficient (Wildman–Crippen LogP) is 2.88. The Labute approximate surface area is 195 Å². The molecule has 1 aromatic carbocycles. The van der Waals surface area contributed by atoms with E-state index in [1.54, 1.807) is 9.58 Å². The van der Waals surface area contributed by atoms with Crippen LogP contribution in [0.1, 0.15) is 41.2 Å². The van der Waals surface area contributed by atoms with E-state index in [-0.39, 0.29) is 30.1 Å². The zero-order chi connectivity index (χ0) is 22.4. The number of carbonyl (C=O) groups excluding carboxylic acids is 1. The van der Waals surface area contributed by atoms with Gasteiger partial charge in [0.2, 0.25) is 0 Å². The first-order valence-electron chi connectivity index (χ1n) is 10.9. The maximum absolute atomic E-state index is 15.2. The summed E-state index contributed by atoms with van der Waals surface area (Å²) >= 11 is 0. The number of nitrogens with two attached hydrogens (primary N) is 1. The molecular weight excluding hydrogens is 457 g/mol. The van der Waals surface area contributed by atoms with Crippen molar-refractivity contribution in [3.8, 4) is 0 Å². The van der Waals surface area contributed by atoms with Crippen LogP contribution in [-0.2, 0) is 6.54 Å². The zero-order valence-corrected chi connectivity index (χ0v) is 18.7. The summed E-state index contributed by atoms with van der Waals surface area (Å²) in [5.74, 6) is -0.481. The summed E-state index contributed by atoms with van der Waals surface area (Å²) in [5.41, 5.74) is 6.11. The number of allylic oxidation sites excluding steroid dienone is 1. The van der Waals surface area contributed by atoms with Crippen molar-refractivity contribution in [3.05, 3.63) is 59.1 Å². The molecule has 0 saturated carbocycles. The molecule has 2 saturated heterocycles. The highest BCUT2D eigenvalue weighted by Gasteiger charge is 2.42. The van der Waals surface area contributed by atoms with E-state index < -0.39 is 35.8 Å². The van der Waals surface area contributed by atoms with Gasteiger partial charge in [0.1, 0.15) is 35.0 Å². The number of likely N-dealkylation sites (tertiary alicyclic amines) is 1. The van der Waals surface area contributed by atoms with Gasteiger partial charge in [-0.2, -0.15) is 5.10 Å². The normalized spacial score (nSPS) is 24.8. The van der Waals surface area contributed by atoms with Crippen LogP contribution >= 0.6 is 12.4 Å². The summed E-state index contributed by atoms with van der Waals surface area (Å²) in [6, 6.07) is 2.53. The van der Waals surface area contributed by atoms with Gasteiger partial charge in [-0.25, -0.2) is 17.9 Å². The summed E-state index contributed by atoms with van der Waals surface area (Å²) in [7, 11) is 0. The number of rotatable bonds is 4. The number of aromatic nitrogens is 2. The van der Waals surface area contributed by atoms with Crippen molar-refractivity contribution in [2.75, 3.05) is 24.5 Å². The first-order chi connectivity index (χ1) is 15.5. The second-order valence-electron chi connectivity index (χ2n) is 8.45. The quantitative estimate of drug-likeness (QED) is 0.700. The zero-order valence-electron chi connectivity index (χ0n) is 17.9. The number of carbonyl (C=O) groups is 1. The fraction of sp³-hybridized carbons (Fsp3) is 0.455. The maximum Gasteiger partial charge on any atom is 0.254 e. The highest BCUT2D eigenvalue weighted by molar-refractivity contribution is 5.98.